The van der Waals surface area contributed by atoms with Gasteiger partial charge in [0.25, 0.3) is 0 Å². The number of pyridine rings is 2. The summed E-state index contributed by atoms with van der Waals surface area (Å²) in [6, 6.07) is 32.5. The molecular formula is C26H16N4PtS. The van der Waals surface area contributed by atoms with Gasteiger partial charge in [-0.1, -0.05) is 95.9 Å². The van der Waals surface area contributed by atoms with E-state index >= 15 is 0 Å². The third kappa shape index (κ3) is 3.79. The summed E-state index contributed by atoms with van der Waals surface area (Å²) in [7, 11) is 0. The maximum atomic E-state index is 4.84. The van der Waals surface area contributed by atoms with Gasteiger partial charge in [-0.15, -0.1) is 35.0 Å². The second kappa shape index (κ2) is 8.77. The van der Waals surface area contributed by atoms with Crippen LogP contribution in [0.25, 0.3) is 33.4 Å². The molecule has 4 aromatic heterocycles. The molecule has 0 amide bonds. The van der Waals surface area contributed by atoms with Crippen LogP contribution in [0.15, 0.2) is 107 Å². The molecule has 0 radical (unpaired) electrons. The molecule has 6 aromatic rings. The fraction of sp³-hybridized carbons (Fsp3) is 0. The number of benzene rings is 2. The molecule has 0 aliphatic heterocycles. The van der Waals surface area contributed by atoms with Gasteiger partial charge in [-0.05, 0) is 12.1 Å². The summed E-state index contributed by atoms with van der Waals surface area (Å²) in [5.74, 6) is 1.68. The SMILES string of the molecule is [Pt+2].[c-]1cc2ccccc2n1-c1cccc(Sc2cccc(-n3[c-]cc4ccccc43)n2)n1. The van der Waals surface area contributed by atoms with Crippen molar-refractivity contribution in [2.75, 3.05) is 0 Å². The predicted octanol–water partition coefficient (Wildman–Crippen LogP) is 6.11. The van der Waals surface area contributed by atoms with E-state index in [1.54, 1.807) is 11.8 Å². The second-order valence-corrected chi connectivity index (χ2v) is 8.15. The number of fused-ring (bicyclic) bond motifs is 2. The zero-order chi connectivity index (χ0) is 20.6. The molecule has 0 spiro atoms. The summed E-state index contributed by atoms with van der Waals surface area (Å²) >= 11 is 1.54. The first-order valence-electron chi connectivity index (χ1n) is 9.94. The number of nitrogens with zero attached hydrogens (tertiary/aromatic N) is 4. The molecule has 4 nitrogen and oxygen atoms in total. The molecule has 0 saturated heterocycles. The van der Waals surface area contributed by atoms with Gasteiger partial charge in [-0.25, -0.2) is 0 Å². The van der Waals surface area contributed by atoms with Crippen molar-refractivity contribution in [3.8, 4) is 11.6 Å². The molecule has 2 aromatic carbocycles. The molecule has 0 fully saturated rings. The Hall–Kier alpha value is -3.14. The Bertz CT molecular complexity index is 1420. The van der Waals surface area contributed by atoms with Crippen LogP contribution in [0.3, 0.4) is 0 Å². The van der Waals surface area contributed by atoms with E-state index in [1.807, 2.05) is 81.9 Å². The summed E-state index contributed by atoms with van der Waals surface area (Å²) < 4.78 is 3.98. The molecule has 0 atom stereocenters. The van der Waals surface area contributed by atoms with Crippen LogP contribution >= 0.6 is 11.8 Å². The van der Waals surface area contributed by atoms with Crippen LogP contribution in [0, 0.1) is 12.4 Å². The normalized spacial score (nSPS) is 11.0. The molecule has 0 unspecified atom stereocenters. The zero-order valence-corrected chi connectivity index (χ0v) is 19.8. The maximum Gasteiger partial charge on any atom is 2.00 e. The topological polar surface area (TPSA) is 35.6 Å². The Morgan fingerprint density at radius 1 is 0.562 bits per heavy atom. The molecular weight excluding hydrogens is 595 g/mol. The second-order valence-electron chi connectivity index (χ2n) is 7.11. The molecule has 156 valence electrons. The number of hydrogen-bond donors (Lipinski definition) is 0. The Morgan fingerprint density at radius 3 is 1.53 bits per heavy atom. The quantitative estimate of drug-likeness (QED) is 0.226. The van der Waals surface area contributed by atoms with E-state index in [1.165, 1.54) is 0 Å². The van der Waals surface area contributed by atoms with Crippen LogP contribution in [0.5, 0.6) is 0 Å². The van der Waals surface area contributed by atoms with Crippen molar-refractivity contribution in [1.29, 1.82) is 0 Å². The molecule has 0 saturated carbocycles. The van der Waals surface area contributed by atoms with Gasteiger partial charge in [0.05, 0.1) is 21.7 Å². The van der Waals surface area contributed by atoms with Gasteiger partial charge in [0.2, 0.25) is 0 Å². The zero-order valence-electron chi connectivity index (χ0n) is 16.8. The molecule has 32 heavy (non-hydrogen) atoms. The first kappa shape index (κ1) is 20.7. The largest absolute Gasteiger partial charge is 2.00 e. The maximum absolute atomic E-state index is 4.84. The Kier molecular flexibility index (Phi) is 5.69. The molecule has 0 bridgehead atoms. The Balaban J connectivity index is 0.00000216. The van der Waals surface area contributed by atoms with Crippen LogP contribution in [0.4, 0.5) is 0 Å². The van der Waals surface area contributed by atoms with Crippen LogP contribution in [0.2, 0.25) is 0 Å². The summed E-state index contributed by atoms with van der Waals surface area (Å²) in [5, 5.41) is 4.06. The summed E-state index contributed by atoms with van der Waals surface area (Å²) in [4.78, 5) is 9.69. The minimum absolute atomic E-state index is 0. The third-order valence-electron chi connectivity index (χ3n) is 5.14. The van der Waals surface area contributed by atoms with Crippen molar-refractivity contribution in [1.82, 2.24) is 19.1 Å². The van der Waals surface area contributed by atoms with Gasteiger partial charge >= 0.3 is 21.1 Å². The monoisotopic (exact) mass is 611 g/mol. The van der Waals surface area contributed by atoms with E-state index in [4.69, 9.17) is 9.97 Å². The minimum atomic E-state index is 0. The summed E-state index contributed by atoms with van der Waals surface area (Å²) in [6.07, 6.45) is 6.58. The smallest absolute Gasteiger partial charge is 0.429 e. The molecule has 0 aliphatic rings. The Morgan fingerprint density at radius 2 is 1.03 bits per heavy atom. The first-order valence-corrected chi connectivity index (χ1v) is 10.8. The molecule has 6 rings (SSSR count). The fourth-order valence-corrected chi connectivity index (χ4v) is 4.48. The number of hydrogen-bond acceptors (Lipinski definition) is 3. The molecule has 6 heteroatoms. The summed E-state index contributed by atoms with van der Waals surface area (Å²) in [5.41, 5.74) is 2.18. The molecule has 0 aliphatic carbocycles. The van der Waals surface area contributed by atoms with Gasteiger partial charge in [-0.3, -0.25) is 9.97 Å². The average molecular weight is 612 g/mol. The fourth-order valence-electron chi connectivity index (χ4n) is 3.69. The van der Waals surface area contributed by atoms with Crippen molar-refractivity contribution in [2.45, 2.75) is 10.1 Å². The van der Waals surface area contributed by atoms with Crippen molar-refractivity contribution >= 4 is 33.6 Å². The van der Waals surface area contributed by atoms with Gasteiger partial charge in [0, 0.05) is 0 Å². The van der Waals surface area contributed by atoms with Gasteiger partial charge in [0.15, 0.2) is 0 Å². The molecule has 4 heterocycles. The van der Waals surface area contributed by atoms with Crippen LogP contribution < -0.4 is 0 Å². The number of para-hydroxylation sites is 2. The van der Waals surface area contributed by atoms with E-state index < -0.39 is 0 Å². The van der Waals surface area contributed by atoms with E-state index in [0.717, 1.165) is 43.5 Å². The van der Waals surface area contributed by atoms with Crippen molar-refractivity contribution in [3.63, 3.8) is 0 Å². The van der Waals surface area contributed by atoms with Crippen molar-refractivity contribution in [3.05, 3.63) is 109 Å². The van der Waals surface area contributed by atoms with Crippen LogP contribution in [-0.2, 0) is 21.1 Å². The number of aromatic nitrogens is 4. The minimum Gasteiger partial charge on any atom is -0.429 e. The van der Waals surface area contributed by atoms with Crippen molar-refractivity contribution in [2.24, 2.45) is 0 Å². The van der Waals surface area contributed by atoms with Crippen LogP contribution in [0.1, 0.15) is 0 Å². The van der Waals surface area contributed by atoms with E-state index in [9.17, 15) is 0 Å². The Labute approximate surface area is 204 Å². The summed E-state index contributed by atoms with van der Waals surface area (Å²) in [6.45, 7) is 0. The van der Waals surface area contributed by atoms with Crippen molar-refractivity contribution < 1.29 is 21.1 Å². The number of rotatable bonds is 4. The van der Waals surface area contributed by atoms with Gasteiger partial charge in [-0.2, -0.15) is 0 Å². The average Bonchev–Trinajstić information content (AvgIpc) is 3.44. The third-order valence-corrected chi connectivity index (χ3v) is 6.01. The predicted molar refractivity (Wildman–Crippen MR) is 124 cm³/mol. The van der Waals surface area contributed by atoms with E-state index in [-0.39, 0.29) is 21.1 Å². The first-order chi connectivity index (χ1) is 15.3. The standard InChI is InChI=1S/C26H16N4S.Pt/c1-3-9-21-19(7-1)15-17-29(21)23-11-5-13-25(27-23)31-26-14-6-12-24(28-26)30-18-16-20-8-2-4-10-22(20)30;/h1-16H;/q-2;+2. The van der Waals surface area contributed by atoms with E-state index in [0.29, 0.717) is 0 Å². The van der Waals surface area contributed by atoms with E-state index in [2.05, 4.69) is 36.7 Å². The van der Waals surface area contributed by atoms with Gasteiger partial charge in [0.1, 0.15) is 0 Å². The molecule has 0 N–H and O–H groups in total. The van der Waals surface area contributed by atoms with Gasteiger partial charge < -0.3 is 9.13 Å². The van der Waals surface area contributed by atoms with Crippen LogP contribution in [-0.4, -0.2) is 19.1 Å².